The number of hydrogen-bond acceptors (Lipinski definition) is 7. The van der Waals surface area contributed by atoms with Gasteiger partial charge in [-0.05, 0) is 6.42 Å². The summed E-state index contributed by atoms with van der Waals surface area (Å²) in [5.41, 5.74) is -0.621. The van der Waals surface area contributed by atoms with E-state index in [1.165, 1.54) is 55.7 Å². The summed E-state index contributed by atoms with van der Waals surface area (Å²) in [5, 5.41) is 38.5. The molecule has 1 rings (SSSR count). The molecule has 1 aliphatic heterocycles. The second-order valence-corrected chi connectivity index (χ2v) is 8.68. The Balaban J connectivity index is 2.06. The van der Waals surface area contributed by atoms with Gasteiger partial charge in [-0.15, -0.1) is 0 Å². The van der Waals surface area contributed by atoms with Crippen molar-refractivity contribution >= 4 is 21.6 Å². The summed E-state index contributed by atoms with van der Waals surface area (Å²) >= 11 is 0. The summed E-state index contributed by atoms with van der Waals surface area (Å²) in [6, 6.07) is 0. The summed E-state index contributed by atoms with van der Waals surface area (Å²) in [6.45, 7) is 1.86. The maximum absolute atomic E-state index is 9.91. The lowest BCUT2D eigenvalue weighted by molar-refractivity contribution is -0.205. The molecule has 4 N–H and O–H groups in total. The molecule has 1 heterocycles. The van der Waals surface area contributed by atoms with Crippen molar-refractivity contribution < 1.29 is 25.2 Å². The van der Waals surface area contributed by atoms with Crippen molar-refractivity contribution in [1.29, 1.82) is 0 Å². The van der Waals surface area contributed by atoms with Crippen molar-refractivity contribution in [3.8, 4) is 0 Å². The molecule has 1 saturated heterocycles. The van der Waals surface area contributed by atoms with Gasteiger partial charge in [0.2, 0.25) is 0 Å². The van der Waals surface area contributed by atoms with Gasteiger partial charge in [0.1, 0.15) is 29.9 Å². The molecule has 1 unspecified atom stereocenters. The van der Waals surface area contributed by atoms with E-state index < -0.39 is 29.9 Å². The lowest BCUT2D eigenvalue weighted by Crippen LogP contribution is -2.57. The molecule has 5 atom stereocenters. The van der Waals surface area contributed by atoms with Crippen molar-refractivity contribution in [3.63, 3.8) is 0 Å². The Bertz CT molecular complexity index is 294. The molecule has 7 heteroatoms. The Morgan fingerprint density at radius 2 is 1.43 bits per heavy atom. The fraction of sp³-hybridized carbons (Fsp3) is 1.00. The van der Waals surface area contributed by atoms with Crippen LogP contribution in [0.5, 0.6) is 0 Å². The van der Waals surface area contributed by atoms with E-state index in [0.29, 0.717) is 0 Å². The van der Waals surface area contributed by atoms with Gasteiger partial charge in [0.05, 0.1) is 6.61 Å². The Morgan fingerprint density at radius 3 is 2.04 bits per heavy atom. The molecule has 5 nitrogen and oxygen atoms in total. The smallest absolute Gasteiger partial charge is 0.142 e. The molecule has 1 aliphatic rings. The lowest BCUT2D eigenvalue weighted by atomic mass is 10.0. The minimum absolute atomic E-state index is 0.370. The van der Waals surface area contributed by atoms with Gasteiger partial charge >= 0.3 is 0 Å². The first-order valence-electron chi connectivity index (χ1n) is 8.70. The largest absolute Gasteiger partial charge is 0.394 e. The third-order valence-corrected chi connectivity index (χ3v) is 6.74. The summed E-state index contributed by atoms with van der Waals surface area (Å²) in [7, 11) is 2.98. The molecule has 0 aliphatic carbocycles. The van der Waals surface area contributed by atoms with Gasteiger partial charge < -0.3 is 25.2 Å². The third-order valence-electron chi connectivity index (χ3n) is 4.09. The zero-order chi connectivity index (χ0) is 17.1. The average Bonchev–Trinajstić information content (AvgIpc) is 2.56. The first-order chi connectivity index (χ1) is 11.1. The summed E-state index contributed by atoms with van der Waals surface area (Å²) in [6.07, 6.45) is 5.73. The average molecular weight is 369 g/mol. The Morgan fingerprint density at radius 1 is 0.826 bits per heavy atom. The first-order valence-corrected chi connectivity index (χ1v) is 11.1. The van der Waals surface area contributed by atoms with Crippen LogP contribution >= 0.6 is 21.6 Å². The highest BCUT2D eigenvalue weighted by molar-refractivity contribution is 8.76. The van der Waals surface area contributed by atoms with Crippen LogP contribution in [0.1, 0.15) is 58.3 Å². The number of aliphatic hydroxyl groups excluding tert-OH is 4. The molecule has 0 bridgehead atoms. The molecule has 0 aromatic heterocycles. The van der Waals surface area contributed by atoms with Gasteiger partial charge in [0.25, 0.3) is 0 Å². The molecular weight excluding hydrogens is 336 g/mol. The standard InChI is InChI=1S/C16H32O5S2/c1-2-3-4-5-6-7-8-9-10-22-23-16-15(20)14(19)13(18)12(11-17)21-16/h12-20H,2-11H2,1H3/t12-,13-,14+,15-,16?/m1/s1. The normalized spacial score (nSPS) is 31.4. The fourth-order valence-corrected chi connectivity index (χ4v) is 5.09. The van der Waals surface area contributed by atoms with E-state index in [1.807, 2.05) is 0 Å². The van der Waals surface area contributed by atoms with E-state index in [-0.39, 0.29) is 6.61 Å². The molecular formula is C16H32O5S2. The molecule has 0 radical (unpaired) electrons. The van der Waals surface area contributed by atoms with Crippen molar-refractivity contribution in [2.24, 2.45) is 0 Å². The molecule has 0 spiro atoms. The zero-order valence-electron chi connectivity index (χ0n) is 14.0. The summed E-state index contributed by atoms with van der Waals surface area (Å²) in [5.74, 6) is 0.967. The first kappa shape index (κ1) is 21.5. The van der Waals surface area contributed by atoms with Gasteiger partial charge in [-0.1, -0.05) is 73.5 Å². The maximum Gasteiger partial charge on any atom is 0.142 e. The third kappa shape index (κ3) is 7.94. The van der Waals surface area contributed by atoms with Gasteiger partial charge in [-0.2, -0.15) is 0 Å². The lowest BCUT2D eigenvalue weighted by Gasteiger charge is -2.39. The van der Waals surface area contributed by atoms with Crippen LogP contribution in [0.2, 0.25) is 0 Å². The number of ether oxygens (including phenoxy) is 1. The number of rotatable bonds is 12. The van der Waals surface area contributed by atoms with Crippen LogP contribution in [0.3, 0.4) is 0 Å². The highest BCUT2D eigenvalue weighted by Crippen LogP contribution is 2.36. The van der Waals surface area contributed by atoms with Gasteiger partial charge in [0, 0.05) is 5.75 Å². The van der Waals surface area contributed by atoms with E-state index in [1.54, 1.807) is 10.8 Å². The minimum Gasteiger partial charge on any atom is -0.394 e. The number of hydrogen-bond donors (Lipinski definition) is 4. The van der Waals surface area contributed by atoms with E-state index in [9.17, 15) is 15.3 Å². The number of aliphatic hydroxyl groups is 4. The van der Waals surface area contributed by atoms with Crippen LogP contribution in [-0.2, 0) is 4.74 Å². The predicted molar refractivity (Wildman–Crippen MR) is 96.4 cm³/mol. The van der Waals surface area contributed by atoms with Crippen LogP contribution in [0, 0.1) is 0 Å². The molecule has 0 amide bonds. The van der Waals surface area contributed by atoms with E-state index in [0.717, 1.165) is 12.2 Å². The van der Waals surface area contributed by atoms with Crippen molar-refractivity contribution in [3.05, 3.63) is 0 Å². The molecule has 0 aromatic carbocycles. The van der Waals surface area contributed by atoms with Crippen molar-refractivity contribution in [2.75, 3.05) is 12.4 Å². The molecule has 0 aromatic rings. The van der Waals surface area contributed by atoms with E-state index in [2.05, 4.69) is 6.92 Å². The van der Waals surface area contributed by atoms with Crippen LogP contribution in [0.25, 0.3) is 0 Å². The topological polar surface area (TPSA) is 90.2 Å². The van der Waals surface area contributed by atoms with E-state index >= 15 is 0 Å². The maximum atomic E-state index is 9.91. The van der Waals surface area contributed by atoms with Crippen LogP contribution < -0.4 is 0 Å². The molecule has 0 saturated carbocycles. The monoisotopic (exact) mass is 368 g/mol. The van der Waals surface area contributed by atoms with Crippen molar-refractivity contribution in [1.82, 2.24) is 0 Å². The fourth-order valence-electron chi connectivity index (χ4n) is 2.56. The predicted octanol–water partition coefficient (Wildman–Crippen LogP) is 2.31. The highest BCUT2D eigenvalue weighted by atomic mass is 33.1. The SMILES string of the molecule is CCCCCCCCCCSSC1O[C@H](CO)[C@@H](O)[C@H](O)[C@H]1O. The zero-order valence-corrected chi connectivity index (χ0v) is 15.6. The Kier molecular flexibility index (Phi) is 12.0. The molecule has 23 heavy (non-hydrogen) atoms. The van der Waals surface area contributed by atoms with Gasteiger partial charge in [-0.25, -0.2) is 0 Å². The minimum atomic E-state index is -1.28. The second kappa shape index (κ2) is 12.8. The Hall–Kier alpha value is 0.500. The highest BCUT2D eigenvalue weighted by Gasteiger charge is 2.43. The molecule has 138 valence electrons. The van der Waals surface area contributed by atoms with Gasteiger partial charge in [-0.3, -0.25) is 0 Å². The summed E-state index contributed by atoms with van der Waals surface area (Å²) in [4.78, 5) is 0. The molecule has 1 fully saturated rings. The Labute approximate surface area is 147 Å². The second-order valence-electron chi connectivity index (χ2n) is 6.09. The van der Waals surface area contributed by atoms with Crippen LogP contribution in [-0.4, -0.2) is 62.6 Å². The van der Waals surface area contributed by atoms with E-state index in [4.69, 9.17) is 9.84 Å². The van der Waals surface area contributed by atoms with Gasteiger partial charge in [0.15, 0.2) is 0 Å². The quantitative estimate of drug-likeness (QED) is 0.310. The van der Waals surface area contributed by atoms with Crippen molar-refractivity contribution in [2.45, 2.75) is 88.1 Å². The van der Waals surface area contributed by atoms with Crippen LogP contribution in [0.4, 0.5) is 0 Å². The van der Waals surface area contributed by atoms with Crippen LogP contribution in [0.15, 0.2) is 0 Å². The number of unbranched alkanes of at least 4 members (excludes halogenated alkanes) is 7. The summed E-state index contributed by atoms with van der Waals surface area (Å²) < 4.78 is 5.45.